The molecule has 1 aromatic carbocycles. The topological polar surface area (TPSA) is 110 Å². The van der Waals surface area contributed by atoms with Gasteiger partial charge < -0.3 is 0 Å². The van der Waals surface area contributed by atoms with Crippen LogP contribution < -0.4 is 10.3 Å². The Kier molecular flexibility index (Phi) is 5.23. The number of aromatic amines is 1. The summed E-state index contributed by atoms with van der Waals surface area (Å²) in [5.41, 5.74) is 1.67. The first-order valence-electron chi connectivity index (χ1n) is 9.65. The number of benzene rings is 1. The molecule has 152 valence electrons. The van der Waals surface area contributed by atoms with Crippen LogP contribution in [0.5, 0.6) is 0 Å². The highest BCUT2D eigenvalue weighted by molar-refractivity contribution is 7.92. The molecular weight excluding hydrogens is 390 g/mol. The third-order valence-electron chi connectivity index (χ3n) is 5.24. The maximum atomic E-state index is 13.0. The molecule has 8 nitrogen and oxygen atoms in total. The standard InChI is InChI=1S/C20H23N5O3S/c1-25-13-16(12-21-25)29(27,28)24-20-22-18(15-10-6-3-7-11-15)17(19(26)23-20)14-8-4-2-5-9-14/h3,6-7,10-14H,2,4-5,8-9H2,1H3,(H2,22,23,24,26). The van der Waals surface area contributed by atoms with Gasteiger partial charge in [0.25, 0.3) is 15.6 Å². The number of hydrogen-bond acceptors (Lipinski definition) is 5. The summed E-state index contributed by atoms with van der Waals surface area (Å²) in [7, 11) is -2.28. The summed E-state index contributed by atoms with van der Waals surface area (Å²) >= 11 is 0. The molecule has 0 spiro atoms. The molecule has 0 amide bonds. The van der Waals surface area contributed by atoms with Crippen molar-refractivity contribution < 1.29 is 8.42 Å². The molecule has 0 bridgehead atoms. The molecule has 0 radical (unpaired) electrons. The van der Waals surface area contributed by atoms with E-state index < -0.39 is 10.0 Å². The molecule has 9 heteroatoms. The zero-order chi connectivity index (χ0) is 20.4. The second-order valence-corrected chi connectivity index (χ2v) is 9.02. The zero-order valence-electron chi connectivity index (χ0n) is 16.1. The third kappa shape index (κ3) is 4.09. The summed E-state index contributed by atoms with van der Waals surface area (Å²) < 4.78 is 29.0. The van der Waals surface area contributed by atoms with Crippen LogP contribution in [0.25, 0.3) is 11.3 Å². The van der Waals surface area contributed by atoms with Gasteiger partial charge in [0.1, 0.15) is 4.90 Å². The predicted octanol–water partition coefficient (Wildman–Crippen LogP) is 3.02. The van der Waals surface area contributed by atoms with Crippen molar-refractivity contribution in [3.8, 4) is 11.3 Å². The first-order valence-corrected chi connectivity index (χ1v) is 11.1. The minimum absolute atomic E-state index is 0.000247. The molecule has 1 fully saturated rings. The first kappa shape index (κ1) is 19.4. The summed E-state index contributed by atoms with van der Waals surface area (Å²) in [5.74, 6) is 0.0245. The number of rotatable bonds is 5. The Balaban J connectivity index is 1.79. The Hall–Kier alpha value is -2.94. The fourth-order valence-electron chi connectivity index (χ4n) is 3.84. The molecular formula is C20H23N5O3S. The van der Waals surface area contributed by atoms with Gasteiger partial charge in [-0.2, -0.15) is 5.10 Å². The van der Waals surface area contributed by atoms with E-state index in [0.29, 0.717) is 11.3 Å². The number of hydrogen-bond donors (Lipinski definition) is 2. The van der Waals surface area contributed by atoms with E-state index in [1.165, 1.54) is 23.5 Å². The molecule has 2 heterocycles. The Morgan fingerprint density at radius 3 is 2.52 bits per heavy atom. The number of anilines is 1. The summed E-state index contributed by atoms with van der Waals surface area (Å²) in [5, 5.41) is 3.89. The lowest BCUT2D eigenvalue weighted by atomic mass is 9.83. The molecule has 4 rings (SSSR count). The smallest absolute Gasteiger partial charge is 0.267 e. The number of nitrogens with one attached hydrogen (secondary N) is 2. The summed E-state index contributed by atoms with van der Waals surface area (Å²) in [6, 6.07) is 9.41. The van der Waals surface area contributed by atoms with E-state index in [1.54, 1.807) is 7.05 Å². The number of sulfonamides is 1. The lowest BCUT2D eigenvalue weighted by Crippen LogP contribution is -2.24. The number of aromatic nitrogens is 4. The Morgan fingerprint density at radius 2 is 1.86 bits per heavy atom. The van der Waals surface area contributed by atoms with E-state index in [2.05, 4.69) is 19.8 Å². The lowest BCUT2D eigenvalue weighted by molar-refractivity contribution is 0.441. The fourth-order valence-corrected chi connectivity index (χ4v) is 4.79. The Bertz CT molecular complexity index is 1160. The van der Waals surface area contributed by atoms with Crippen molar-refractivity contribution in [3.05, 3.63) is 58.6 Å². The highest BCUT2D eigenvalue weighted by atomic mass is 32.2. The zero-order valence-corrected chi connectivity index (χ0v) is 16.9. The first-order chi connectivity index (χ1) is 13.9. The summed E-state index contributed by atoms with van der Waals surface area (Å²) in [4.78, 5) is 20.2. The van der Waals surface area contributed by atoms with Crippen LogP contribution in [0, 0.1) is 0 Å². The van der Waals surface area contributed by atoms with Gasteiger partial charge in [0, 0.05) is 24.4 Å². The van der Waals surface area contributed by atoms with Gasteiger partial charge in [0.05, 0.1) is 11.9 Å². The van der Waals surface area contributed by atoms with Gasteiger partial charge in [0.15, 0.2) is 0 Å². The average molecular weight is 414 g/mol. The highest BCUT2D eigenvalue weighted by Gasteiger charge is 2.25. The number of H-pyrrole nitrogens is 1. The van der Waals surface area contributed by atoms with Gasteiger partial charge in [0.2, 0.25) is 5.95 Å². The molecule has 0 atom stereocenters. The van der Waals surface area contributed by atoms with Gasteiger partial charge >= 0.3 is 0 Å². The van der Waals surface area contributed by atoms with Gasteiger partial charge in [-0.25, -0.2) is 18.1 Å². The van der Waals surface area contributed by atoms with Crippen LogP contribution in [0.4, 0.5) is 5.95 Å². The molecule has 2 N–H and O–H groups in total. The minimum Gasteiger partial charge on any atom is -0.292 e. The largest absolute Gasteiger partial charge is 0.292 e. The van der Waals surface area contributed by atoms with Crippen LogP contribution in [0.1, 0.15) is 43.6 Å². The SMILES string of the molecule is Cn1cc(S(=O)(=O)Nc2nc(-c3ccccc3)c(C3CCCCC3)c(=O)[nH]2)cn1. The second kappa shape index (κ2) is 7.82. The molecule has 2 aromatic heterocycles. The van der Waals surface area contributed by atoms with Gasteiger partial charge in [-0.3, -0.25) is 14.5 Å². The molecule has 1 aliphatic carbocycles. The van der Waals surface area contributed by atoms with Gasteiger partial charge in [-0.1, -0.05) is 49.6 Å². The van der Waals surface area contributed by atoms with Crippen LogP contribution in [0.2, 0.25) is 0 Å². The fraction of sp³-hybridized carbons (Fsp3) is 0.350. The maximum absolute atomic E-state index is 13.0. The van der Waals surface area contributed by atoms with Crippen LogP contribution in [0.15, 0.2) is 52.4 Å². The Morgan fingerprint density at radius 1 is 1.14 bits per heavy atom. The van der Waals surface area contributed by atoms with Crippen LogP contribution >= 0.6 is 0 Å². The molecule has 0 saturated heterocycles. The molecule has 0 aliphatic heterocycles. The normalized spacial score (nSPS) is 15.3. The van der Waals surface area contributed by atoms with E-state index in [1.807, 2.05) is 30.3 Å². The third-order valence-corrected chi connectivity index (χ3v) is 6.53. The molecule has 29 heavy (non-hydrogen) atoms. The highest BCUT2D eigenvalue weighted by Crippen LogP contribution is 2.35. The molecule has 3 aromatic rings. The number of nitrogens with zero attached hydrogens (tertiary/aromatic N) is 3. The van der Waals surface area contributed by atoms with Crippen molar-refractivity contribution in [2.24, 2.45) is 7.05 Å². The summed E-state index contributed by atoms with van der Waals surface area (Å²) in [6.07, 6.45) is 7.83. The van der Waals surface area contributed by atoms with Crippen molar-refractivity contribution >= 4 is 16.0 Å². The number of aryl methyl sites for hydroxylation is 1. The monoisotopic (exact) mass is 413 g/mol. The molecule has 0 unspecified atom stereocenters. The average Bonchev–Trinajstić information content (AvgIpc) is 3.16. The van der Waals surface area contributed by atoms with Crippen molar-refractivity contribution in [3.63, 3.8) is 0 Å². The van der Waals surface area contributed by atoms with Crippen LogP contribution in [-0.2, 0) is 17.1 Å². The van der Waals surface area contributed by atoms with Crippen molar-refractivity contribution in [1.29, 1.82) is 0 Å². The van der Waals surface area contributed by atoms with Gasteiger partial charge in [-0.15, -0.1) is 0 Å². The van der Waals surface area contributed by atoms with Crippen molar-refractivity contribution in [2.45, 2.75) is 42.9 Å². The minimum atomic E-state index is -3.91. The Labute approximate surface area is 169 Å². The second-order valence-electron chi connectivity index (χ2n) is 7.33. The van der Waals surface area contributed by atoms with E-state index in [9.17, 15) is 13.2 Å². The molecule has 1 aliphatic rings. The maximum Gasteiger partial charge on any atom is 0.267 e. The van der Waals surface area contributed by atoms with Gasteiger partial charge in [-0.05, 0) is 18.8 Å². The lowest BCUT2D eigenvalue weighted by Gasteiger charge is -2.23. The van der Waals surface area contributed by atoms with E-state index in [0.717, 1.165) is 31.2 Å². The van der Waals surface area contributed by atoms with Crippen molar-refractivity contribution in [1.82, 2.24) is 19.7 Å². The van der Waals surface area contributed by atoms with E-state index in [-0.39, 0.29) is 22.3 Å². The van der Waals surface area contributed by atoms with Crippen LogP contribution in [0.3, 0.4) is 0 Å². The summed E-state index contributed by atoms with van der Waals surface area (Å²) in [6.45, 7) is 0. The quantitative estimate of drug-likeness (QED) is 0.668. The van der Waals surface area contributed by atoms with Crippen molar-refractivity contribution in [2.75, 3.05) is 4.72 Å². The van der Waals surface area contributed by atoms with Crippen LogP contribution in [-0.4, -0.2) is 28.2 Å². The van der Waals surface area contributed by atoms with E-state index in [4.69, 9.17) is 0 Å². The predicted molar refractivity (Wildman–Crippen MR) is 110 cm³/mol. The van der Waals surface area contributed by atoms with E-state index >= 15 is 0 Å². The molecule has 1 saturated carbocycles.